The van der Waals surface area contributed by atoms with Crippen LogP contribution < -0.4 is 5.32 Å². The molecule has 0 saturated heterocycles. The molecule has 1 aliphatic rings. The summed E-state index contributed by atoms with van der Waals surface area (Å²) in [4.78, 5) is 22.8. The van der Waals surface area contributed by atoms with Crippen molar-refractivity contribution in [1.29, 1.82) is 0 Å². The highest BCUT2D eigenvalue weighted by atomic mass is 16.6. The first-order chi connectivity index (χ1) is 13.7. The monoisotopic (exact) mass is 379 g/mol. The molecule has 6 nitrogen and oxygen atoms in total. The molecule has 0 fully saturated rings. The van der Waals surface area contributed by atoms with Crippen LogP contribution in [0.25, 0.3) is 0 Å². The molecule has 0 spiro atoms. The quantitative estimate of drug-likeness (QED) is 0.618. The van der Waals surface area contributed by atoms with E-state index in [2.05, 4.69) is 33.8 Å². The van der Waals surface area contributed by atoms with Gasteiger partial charge in [-0.15, -0.1) is 0 Å². The maximum Gasteiger partial charge on any atom is 0.273 e. The van der Waals surface area contributed by atoms with E-state index in [0.717, 1.165) is 41.7 Å². The summed E-state index contributed by atoms with van der Waals surface area (Å²) in [5.41, 5.74) is 6.17. The maximum absolute atomic E-state index is 12.2. The first kappa shape index (κ1) is 19.6. The van der Waals surface area contributed by atoms with Crippen molar-refractivity contribution >= 4 is 17.3 Å². The Labute approximate surface area is 165 Å². The highest BCUT2D eigenvalue weighted by molar-refractivity contribution is 6.45. The van der Waals surface area contributed by atoms with Crippen molar-refractivity contribution in [3.8, 4) is 0 Å². The standard InChI is InChI=1S/C22H25N3O3/c1-15-8-6-12-18(21(25-27-3)22(26)23-2)19(15)14-28-24-20-13-7-10-16-9-4-5-11-17(16)20/h4-6,8-9,11-12H,7,10,13-14H2,1-3H3,(H,23,26)/b24-20+,25-21+. The number of aryl methyl sites for hydroxylation is 2. The summed E-state index contributed by atoms with van der Waals surface area (Å²) in [5, 5.41) is 10.9. The Morgan fingerprint density at radius 3 is 2.75 bits per heavy atom. The van der Waals surface area contributed by atoms with Crippen LogP contribution in [-0.2, 0) is 27.5 Å². The molecule has 1 amide bonds. The number of nitrogens with zero attached hydrogens (tertiary/aromatic N) is 2. The van der Waals surface area contributed by atoms with Gasteiger partial charge in [0.15, 0.2) is 5.71 Å². The number of benzene rings is 2. The van der Waals surface area contributed by atoms with E-state index in [1.165, 1.54) is 12.7 Å². The van der Waals surface area contributed by atoms with Crippen LogP contribution in [0.4, 0.5) is 0 Å². The smallest absolute Gasteiger partial charge is 0.273 e. The number of oxime groups is 2. The van der Waals surface area contributed by atoms with Crippen LogP contribution >= 0.6 is 0 Å². The molecule has 146 valence electrons. The summed E-state index contributed by atoms with van der Waals surface area (Å²) in [6.07, 6.45) is 3.03. The molecule has 0 heterocycles. The predicted octanol–water partition coefficient (Wildman–Crippen LogP) is 3.35. The predicted molar refractivity (Wildman–Crippen MR) is 109 cm³/mol. The van der Waals surface area contributed by atoms with E-state index in [0.29, 0.717) is 5.56 Å². The minimum absolute atomic E-state index is 0.211. The van der Waals surface area contributed by atoms with Crippen molar-refractivity contribution in [2.75, 3.05) is 14.2 Å². The molecule has 0 radical (unpaired) electrons. The van der Waals surface area contributed by atoms with E-state index in [1.54, 1.807) is 7.05 Å². The first-order valence-corrected chi connectivity index (χ1v) is 9.35. The van der Waals surface area contributed by atoms with Crippen molar-refractivity contribution in [1.82, 2.24) is 5.32 Å². The van der Waals surface area contributed by atoms with Crippen LogP contribution in [0.3, 0.4) is 0 Å². The molecular formula is C22H25N3O3. The summed E-state index contributed by atoms with van der Waals surface area (Å²) in [6.45, 7) is 2.22. The third-order valence-corrected chi connectivity index (χ3v) is 4.86. The molecule has 0 atom stereocenters. The largest absolute Gasteiger partial charge is 0.398 e. The average molecular weight is 379 g/mol. The fourth-order valence-electron chi connectivity index (χ4n) is 3.41. The SMILES string of the molecule is CNC(=O)/C(=N/OC)c1cccc(C)c1CO/N=C1\CCCc2ccccc21. The minimum atomic E-state index is -0.318. The van der Waals surface area contributed by atoms with Gasteiger partial charge in [-0.05, 0) is 37.3 Å². The first-order valence-electron chi connectivity index (χ1n) is 9.35. The molecule has 3 rings (SSSR count). The molecular weight excluding hydrogens is 354 g/mol. The van der Waals surface area contributed by atoms with Gasteiger partial charge in [0.25, 0.3) is 5.91 Å². The molecule has 0 aromatic heterocycles. The molecule has 6 heteroatoms. The number of hydrogen-bond acceptors (Lipinski definition) is 5. The number of amides is 1. The van der Waals surface area contributed by atoms with E-state index >= 15 is 0 Å². The van der Waals surface area contributed by atoms with Gasteiger partial charge < -0.3 is 15.0 Å². The van der Waals surface area contributed by atoms with Crippen LogP contribution in [0.2, 0.25) is 0 Å². The van der Waals surface area contributed by atoms with Crippen molar-refractivity contribution < 1.29 is 14.5 Å². The molecule has 2 aromatic rings. The van der Waals surface area contributed by atoms with E-state index in [9.17, 15) is 4.79 Å². The number of rotatable bonds is 6. The van der Waals surface area contributed by atoms with E-state index in [-0.39, 0.29) is 18.2 Å². The van der Waals surface area contributed by atoms with Gasteiger partial charge in [-0.2, -0.15) is 0 Å². The summed E-state index contributed by atoms with van der Waals surface area (Å²) in [7, 11) is 2.98. The number of fused-ring (bicyclic) bond motifs is 1. The van der Waals surface area contributed by atoms with Crippen LogP contribution in [-0.4, -0.2) is 31.5 Å². The van der Waals surface area contributed by atoms with Crippen molar-refractivity contribution in [3.63, 3.8) is 0 Å². The molecule has 0 bridgehead atoms. The fraction of sp³-hybridized carbons (Fsp3) is 0.318. The van der Waals surface area contributed by atoms with Crippen molar-refractivity contribution in [3.05, 3.63) is 70.3 Å². The van der Waals surface area contributed by atoms with Crippen LogP contribution in [0, 0.1) is 6.92 Å². The Hall–Kier alpha value is -3.15. The van der Waals surface area contributed by atoms with Gasteiger partial charge in [0.1, 0.15) is 13.7 Å². The maximum atomic E-state index is 12.2. The zero-order valence-corrected chi connectivity index (χ0v) is 16.5. The van der Waals surface area contributed by atoms with E-state index in [4.69, 9.17) is 9.68 Å². The number of nitrogens with one attached hydrogen (secondary N) is 1. The van der Waals surface area contributed by atoms with Gasteiger partial charge in [0.2, 0.25) is 0 Å². The van der Waals surface area contributed by atoms with E-state index < -0.39 is 0 Å². The lowest BCUT2D eigenvalue weighted by Crippen LogP contribution is -2.29. The number of likely N-dealkylation sites (N-methyl/N-ethyl adjacent to an activating group) is 1. The third-order valence-electron chi connectivity index (χ3n) is 4.86. The lowest BCUT2D eigenvalue weighted by atomic mass is 9.90. The highest BCUT2D eigenvalue weighted by Gasteiger charge is 2.20. The second-order valence-electron chi connectivity index (χ2n) is 6.62. The Morgan fingerprint density at radius 1 is 1.14 bits per heavy atom. The lowest BCUT2D eigenvalue weighted by Gasteiger charge is -2.17. The third kappa shape index (κ3) is 4.22. The molecule has 0 saturated carbocycles. The highest BCUT2D eigenvalue weighted by Crippen LogP contribution is 2.22. The molecule has 1 N–H and O–H groups in total. The Bertz CT molecular complexity index is 919. The normalized spacial score (nSPS) is 15.1. The van der Waals surface area contributed by atoms with Crippen LogP contribution in [0.1, 0.15) is 40.7 Å². The Balaban J connectivity index is 1.86. The molecule has 1 aliphatic carbocycles. The molecule has 28 heavy (non-hydrogen) atoms. The Morgan fingerprint density at radius 2 is 1.96 bits per heavy atom. The Kier molecular flexibility index (Phi) is 6.42. The molecule has 0 aliphatic heterocycles. The van der Waals surface area contributed by atoms with Gasteiger partial charge >= 0.3 is 0 Å². The average Bonchev–Trinajstić information content (AvgIpc) is 2.73. The number of carbonyl (C=O) groups excluding carboxylic acids is 1. The summed E-state index contributed by atoms with van der Waals surface area (Å²) < 4.78 is 0. The van der Waals surface area contributed by atoms with Crippen LogP contribution in [0.15, 0.2) is 52.8 Å². The van der Waals surface area contributed by atoms with E-state index in [1.807, 2.05) is 31.2 Å². The van der Waals surface area contributed by atoms with Crippen molar-refractivity contribution in [2.24, 2.45) is 10.3 Å². The fourth-order valence-corrected chi connectivity index (χ4v) is 3.41. The molecule has 0 unspecified atom stereocenters. The minimum Gasteiger partial charge on any atom is -0.398 e. The second-order valence-corrected chi connectivity index (χ2v) is 6.62. The van der Waals surface area contributed by atoms with Crippen molar-refractivity contribution in [2.45, 2.75) is 32.8 Å². The van der Waals surface area contributed by atoms with Gasteiger partial charge in [-0.25, -0.2) is 0 Å². The van der Waals surface area contributed by atoms with Crippen LogP contribution in [0.5, 0.6) is 0 Å². The van der Waals surface area contributed by atoms with Gasteiger partial charge in [-0.3, -0.25) is 4.79 Å². The number of hydrogen-bond donors (Lipinski definition) is 1. The van der Waals surface area contributed by atoms with Gasteiger partial charge in [-0.1, -0.05) is 52.8 Å². The lowest BCUT2D eigenvalue weighted by molar-refractivity contribution is -0.114. The second kappa shape index (κ2) is 9.17. The topological polar surface area (TPSA) is 72.3 Å². The number of carbonyl (C=O) groups is 1. The zero-order valence-electron chi connectivity index (χ0n) is 16.5. The summed E-state index contributed by atoms with van der Waals surface area (Å²) in [6, 6.07) is 14.0. The molecule has 2 aromatic carbocycles. The van der Waals surface area contributed by atoms with Gasteiger partial charge in [0.05, 0.1) is 5.71 Å². The summed E-state index contributed by atoms with van der Waals surface area (Å²) in [5.74, 6) is -0.318. The zero-order chi connectivity index (χ0) is 19.9. The summed E-state index contributed by atoms with van der Waals surface area (Å²) >= 11 is 0. The van der Waals surface area contributed by atoms with Gasteiger partial charge in [0, 0.05) is 23.7 Å².